The Labute approximate surface area is 179 Å². The molecule has 0 bridgehead atoms. The molecule has 3 aromatic rings. The number of hydrogen-bond donors (Lipinski definition) is 1. The summed E-state index contributed by atoms with van der Waals surface area (Å²) in [5.41, 5.74) is 2.83. The van der Waals surface area contributed by atoms with Crippen molar-refractivity contribution in [1.29, 1.82) is 0 Å². The highest BCUT2D eigenvalue weighted by Gasteiger charge is 2.36. The van der Waals surface area contributed by atoms with E-state index in [4.69, 9.17) is 4.74 Å². The predicted molar refractivity (Wildman–Crippen MR) is 117 cm³/mol. The maximum Gasteiger partial charge on any atom is 0.335 e. The number of carbonyl (C=O) groups excluding carboxylic acids is 3. The quantitative estimate of drug-likeness (QED) is 0.507. The molecule has 1 saturated heterocycles. The second-order valence-corrected chi connectivity index (χ2v) is 7.01. The maximum atomic E-state index is 13.1. The Bertz CT molecular complexity index is 1180. The van der Waals surface area contributed by atoms with Crippen molar-refractivity contribution in [2.75, 3.05) is 11.5 Å². The van der Waals surface area contributed by atoms with E-state index in [0.717, 1.165) is 16.3 Å². The number of benzene rings is 2. The van der Waals surface area contributed by atoms with E-state index in [1.165, 1.54) is 6.08 Å². The van der Waals surface area contributed by atoms with Gasteiger partial charge in [-0.15, -0.1) is 0 Å². The minimum Gasteiger partial charge on any atom is -0.494 e. The number of para-hydroxylation sites is 1. The molecule has 2 aromatic carbocycles. The van der Waals surface area contributed by atoms with Gasteiger partial charge in [-0.05, 0) is 68.0 Å². The summed E-state index contributed by atoms with van der Waals surface area (Å²) >= 11 is 0. The molecule has 0 spiro atoms. The first-order chi connectivity index (χ1) is 15.0. The Morgan fingerprint density at radius 1 is 0.968 bits per heavy atom. The van der Waals surface area contributed by atoms with Gasteiger partial charge >= 0.3 is 6.03 Å². The fourth-order valence-electron chi connectivity index (χ4n) is 3.46. The van der Waals surface area contributed by atoms with Gasteiger partial charge in [0.15, 0.2) is 0 Å². The zero-order valence-corrected chi connectivity index (χ0v) is 17.2. The van der Waals surface area contributed by atoms with Gasteiger partial charge in [-0.2, -0.15) is 0 Å². The number of nitrogens with zero attached hydrogens (tertiary/aromatic N) is 2. The first-order valence-electron chi connectivity index (χ1n) is 9.86. The van der Waals surface area contributed by atoms with E-state index in [1.54, 1.807) is 24.3 Å². The van der Waals surface area contributed by atoms with Crippen molar-refractivity contribution in [2.45, 2.75) is 13.8 Å². The van der Waals surface area contributed by atoms with Crippen LogP contribution in [0.25, 0.3) is 11.8 Å². The van der Waals surface area contributed by atoms with Gasteiger partial charge in [-0.3, -0.25) is 14.9 Å². The lowest BCUT2D eigenvalue weighted by Crippen LogP contribution is -2.54. The molecule has 31 heavy (non-hydrogen) atoms. The second-order valence-electron chi connectivity index (χ2n) is 7.01. The molecule has 1 aromatic heterocycles. The highest BCUT2D eigenvalue weighted by atomic mass is 16.5. The van der Waals surface area contributed by atoms with Crippen LogP contribution in [-0.2, 0) is 9.59 Å². The van der Waals surface area contributed by atoms with E-state index >= 15 is 0 Å². The van der Waals surface area contributed by atoms with Crippen molar-refractivity contribution in [3.63, 3.8) is 0 Å². The smallest absolute Gasteiger partial charge is 0.335 e. The molecule has 1 aliphatic rings. The number of anilines is 1. The van der Waals surface area contributed by atoms with Gasteiger partial charge in [0.2, 0.25) is 0 Å². The van der Waals surface area contributed by atoms with E-state index < -0.39 is 17.8 Å². The third-order valence-electron chi connectivity index (χ3n) is 4.89. The molecule has 0 radical (unpaired) electrons. The lowest BCUT2D eigenvalue weighted by Gasteiger charge is -2.26. The normalized spacial score (nSPS) is 15.4. The predicted octanol–water partition coefficient (Wildman–Crippen LogP) is 3.85. The molecule has 7 heteroatoms. The Balaban J connectivity index is 1.67. The maximum absolute atomic E-state index is 13.1. The summed E-state index contributed by atoms with van der Waals surface area (Å²) in [6, 6.07) is 17.4. The molecule has 2 heterocycles. The van der Waals surface area contributed by atoms with Gasteiger partial charge in [0.25, 0.3) is 11.8 Å². The van der Waals surface area contributed by atoms with Crippen molar-refractivity contribution in [3.8, 4) is 11.4 Å². The van der Waals surface area contributed by atoms with Crippen LogP contribution in [0, 0.1) is 6.92 Å². The number of hydrogen-bond acceptors (Lipinski definition) is 4. The average molecular weight is 415 g/mol. The molecular weight excluding hydrogens is 394 g/mol. The first kappa shape index (κ1) is 20.2. The molecule has 0 atom stereocenters. The van der Waals surface area contributed by atoms with Gasteiger partial charge in [-0.1, -0.05) is 18.2 Å². The number of barbiturate groups is 1. The Morgan fingerprint density at radius 2 is 1.68 bits per heavy atom. The Kier molecular flexibility index (Phi) is 5.41. The number of ether oxygens (including phenoxy) is 1. The molecule has 156 valence electrons. The fraction of sp³-hybridized carbons (Fsp3) is 0.125. The first-order valence-corrected chi connectivity index (χ1v) is 9.86. The topological polar surface area (TPSA) is 80.6 Å². The summed E-state index contributed by atoms with van der Waals surface area (Å²) in [7, 11) is 0. The van der Waals surface area contributed by atoms with Crippen LogP contribution in [0.15, 0.2) is 72.4 Å². The molecule has 0 saturated carbocycles. The van der Waals surface area contributed by atoms with Crippen LogP contribution in [0.4, 0.5) is 10.5 Å². The molecule has 7 nitrogen and oxygen atoms in total. The van der Waals surface area contributed by atoms with E-state index in [9.17, 15) is 14.4 Å². The van der Waals surface area contributed by atoms with E-state index in [1.807, 2.05) is 61.0 Å². The number of aromatic nitrogens is 1. The molecular formula is C24H21N3O4. The largest absolute Gasteiger partial charge is 0.494 e. The van der Waals surface area contributed by atoms with Crippen molar-refractivity contribution >= 4 is 29.6 Å². The zero-order chi connectivity index (χ0) is 22.0. The summed E-state index contributed by atoms with van der Waals surface area (Å²) in [5.74, 6) is -0.772. The number of rotatable bonds is 5. The lowest BCUT2D eigenvalue weighted by molar-refractivity contribution is -0.122. The molecule has 1 N–H and O–H groups in total. The highest BCUT2D eigenvalue weighted by Crippen LogP contribution is 2.25. The molecule has 0 aliphatic carbocycles. The van der Waals surface area contributed by atoms with Crippen LogP contribution < -0.4 is 15.0 Å². The molecule has 4 rings (SSSR count). The monoisotopic (exact) mass is 415 g/mol. The van der Waals surface area contributed by atoms with E-state index in [0.29, 0.717) is 23.6 Å². The van der Waals surface area contributed by atoms with Gasteiger partial charge in [0.05, 0.1) is 12.3 Å². The van der Waals surface area contributed by atoms with Gasteiger partial charge in [0, 0.05) is 17.6 Å². The van der Waals surface area contributed by atoms with Crippen molar-refractivity contribution < 1.29 is 19.1 Å². The van der Waals surface area contributed by atoms with Crippen LogP contribution in [-0.4, -0.2) is 29.0 Å². The molecule has 4 amide bonds. The summed E-state index contributed by atoms with van der Waals surface area (Å²) < 4.78 is 7.36. The van der Waals surface area contributed by atoms with Crippen molar-refractivity contribution in [1.82, 2.24) is 9.88 Å². The van der Waals surface area contributed by atoms with Crippen molar-refractivity contribution in [3.05, 3.63) is 83.7 Å². The van der Waals surface area contributed by atoms with Gasteiger partial charge in [-0.25, -0.2) is 9.69 Å². The minimum absolute atomic E-state index is 0.112. The average Bonchev–Trinajstić information content (AvgIpc) is 3.13. The molecule has 0 unspecified atom stereocenters. The van der Waals surface area contributed by atoms with E-state index in [-0.39, 0.29) is 5.57 Å². The van der Waals surface area contributed by atoms with Gasteiger partial charge < -0.3 is 9.30 Å². The zero-order valence-electron chi connectivity index (χ0n) is 17.2. The number of carbonyl (C=O) groups is 3. The lowest BCUT2D eigenvalue weighted by atomic mass is 10.1. The number of nitrogens with one attached hydrogen (secondary N) is 1. The van der Waals surface area contributed by atoms with Crippen LogP contribution in [0.3, 0.4) is 0 Å². The molecule has 1 aliphatic heterocycles. The summed E-state index contributed by atoms with van der Waals surface area (Å²) in [6.07, 6.45) is 3.34. The van der Waals surface area contributed by atoms with E-state index in [2.05, 4.69) is 5.32 Å². The standard InChI is InChI=1S/C24H21N3O4/c1-3-31-20-11-9-19(10-12-20)27-23(29)21(22(28)25-24(27)30)14-17-13-16(2)26(15-17)18-7-5-4-6-8-18/h4-15H,3H2,1-2H3,(H,25,28,30)/b21-14-. The third kappa shape index (κ3) is 3.98. The van der Waals surface area contributed by atoms with Crippen LogP contribution in [0.2, 0.25) is 0 Å². The Hall–Kier alpha value is -4.13. The van der Waals surface area contributed by atoms with Crippen LogP contribution in [0.5, 0.6) is 5.75 Å². The number of aryl methyl sites for hydroxylation is 1. The van der Waals surface area contributed by atoms with Crippen LogP contribution >= 0.6 is 0 Å². The number of urea groups is 1. The molecule has 1 fully saturated rings. The Morgan fingerprint density at radius 3 is 2.35 bits per heavy atom. The number of imide groups is 2. The summed E-state index contributed by atoms with van der Waals surface area (Å²) in [4.78, 5) is 38.8. The summed E-state index contributed by atoms with van der Waals surface area (Å²) in [6.45, 7) is 4.31. The second kappa shape index (κ2) is 8.31. The highest BCUT2D eigenvalue weighted by molar-refractivity contribution is 6.39. The fourth-order valence-corrected chi connectivity index (χ4v) is 3.46. The SMILES string of the molecule is CCOc1ccc(N2C(=O)NC(=O)/C(=C/c3cc(C)n(-c4ccccc4)c3)C2=O)cc1. The third-order valence-corrected chi connectivity index (χ3v) is 4.89. The van der Waals surface area contributed by atoms with Crippen LogP contribution in [0.1, 0.15) is 18.2 Å². The van der Waals surface area contributed by atoms with Gasteiger partial charge in [0.1, 0.15) is 11.3 Å². The summed E-state index contributed by atoms with van der Waals surface area (Å²) in [5, 5.41) is 2.24. The number of amides is 4. The minimum atomic E-state index is -0.783. The van der Waals surface area contributed by atoms with Crippen molar-refractivity contribution in [2.24, 2.45) is 0 Å².